The fourth-order valence-electron chi connectivity index (χ4n) is 0.962. The summed E-state index contributed by atoms with van der Waals surface area (Å²) in [6.07, 6.45) is -1.02. The Morgan fingerprint density at radius 3 is 1.46 bits per heavy atom. The second-order valence-corrected chi connectivity index (χ2v) is 5.48. The number of halogens is 2. The van der Waals surface area contributed by atoms with Gasteiger partial charge in [-0.15, -0.1) is 11.3 Å². The highest BCUT2D eigenvalue weighted by Crippen LogP contribution is 2.43. The fourth-order valence-corrected chi connectivity index (χ4v) is 3.76. The molecule has 1 aromatic heterocycles. The molecular weight excluding hydrogens is 320 g/mol. The summed E-state index contributed by atoms with van der Waals surface area (Å²) in [5.41, 5.74) is 0. The van der Waals surface area contributed by atoms with Crippen molar-refractivity contribution in [1.29, 1.82) is 0 Å². The molecule has 2 unspecified atom stereocenters. The second-order valence-electron chi connectivity index (χ2n) is 2.81. The van der Waals surface area contributed by atoms with Gasteiger partial charge in [0.05, 0.1) is 12.2 Å². The first kappa shape index (κ1) is 11.7. The van der Waals surface area contributed by atoms with E-state index in [0.29, 0.717) is 0 Å². The summed E-state index contributed by atoms with van der Waals surface area (Å²) in [6.45, 7) is 3.41. The average molecular weight is 330 g/mol. The average Bonchev–Trinajstić information content (AvgIpc) is 2.29. The van der Waals surface area contributed by atoms with Gasteiger partial charge in [0, 0.05) is 18.7 Å². The number of aliphatic hydroxyl groups excluding tert-OH is 2. The van der Waals surface area contributed by atoms with E-state index in [1.807, 2.05) is 0 Å². The zero-order valence-corrected chi connectivity index (χ0v) is 11.2. The molecule has 0 bridgehead atoms. The lowest BCUT2D eigenvalue weighted by Gasteiger charge is -2.00. The molecule has 0 saturated heterocycles. The highest BCUT2D eigenvalue weighted by molar-refractivity contribution is 9.13. The Labute approximate surface area is 97.9 Å². The minimum absolute atomic E-state index is 0.511. The Balaban J connectivity index is 3.20. The molecule has 5 heteroatoms. The van der Waals surface area contributed by atoms with Crippen LogP contribution in [0.3, 0.4) is 0 Å². The van der Waals surface area contributed by atoms with Crippen molar-refractivity contribution in [3.63, 3.8) is 0 Å². The van der Waals surface area contributed by atoms with Crippen molar-refractivity contribution in [1.82, 2.24) is 0 Å². The Kier molecular flexibility index (Phi) is 3.94. The molecular formula is C8H10Br2O2S. The molecule has 2 atom stereocenters. The highest BCUT2D eigenvalue weighted by atomic mass is 79.9. The maximum atomic E-state index is 9.40. The summed E-state index contributed by atoms with van der Waals surface area (Å²) < 4.78 is 1.67. The molecule has 2 N–H and O–H groups in total. The van der Waals surface area contributed by atoms with Crippen molar-refractivity contribution >= 4 is 43.2 Å². The molecule has 1 rings (SSSR count). The summed E-state index contributed by atoms with van der Waals surface area (Å²) in [6, 6.07) is 0. The Hall–Kier alpha value is 0.580. The smallest absolute Gasteiger partial charge is 0.0865 e. The molecule has 13 heavy (non-hydrogen) atoms. The Morgan fingerprint density at radius 2 is 1.31 bits per heavy atom. The maximum absolute atomic E-state index is 9.40. The van der Waals surface area contributed by atoms with Crippen LogP contribution in [0.4, 0.5) is 0 Å². The van der Waals surface area contributed by atoms with Crippen LogP contribution in [0.5, 0.6) is 0 Å². The molecule has 0 spiro atoms. The minimum atomic E-state index is -0.511. The second kappa shape index (κ2) is 4.40. The van der Waals surface area contributed by atoms with Gasteiger partial charge in [-0.25, -0.2) is 0 Å². The van der Waals surface area contributed by atoms with E-state index in [4.69, 9.17) is 0 Å². The van der Waals surface area contributed by atoms with E-state index in [1.165, 1.54) is 11.3 Å². The van der Waals surface area contributed by atoms with E-state index in [-0.39, 0.29) is 0 Å². The van der Waals surface area contributed by atoms with Crippen LogP contribution in [0, 0.1) is 0 Å². The molecule has 0 aromatic carbocycles. The molecule has 1 heterocycles. The molecule has 0 aliphatic carbocycles. The van der Waals surface area contributed by atoms with Crippen LogP contribution in [0.1, 0.15) is 35.8 Å². The van der Waals surface area contributed by atoms with Gasteiger partial charge in [-0.3, -0.25) is 0 Å². The van der Waals surface area contributed by atoms with Crippen LogP contribution in [-0.2, 0) is 0 Å². The van der Waals surface area contributed by atoms with Gasteiger partial charge in [0.15, 0.2) is 0 Å². The molecule has 74 valence electrons. The van der Waals surface area contributed by atoms with Gasteiger partial charge in [0.25, 0.3) is 0 Å². The summed E-state index contributed by atoms with van der Waals surface area (Å²) >= 11 is 8.13. The van der Waals surface area contributed by atoms with Crippen LogP contribution in [0.2, 0.25) is 0 Å². The van der Waals surface area contributed by atoms with Crippen molar-refractivity contribution in [2.45, 2.75) is 26.1 Å². The molecule has 0 amide bonds. The van der Waals surface area contributed by atoms with Gasteiger partial charge in [-0.05, 0) is 45.7 Å². The van der Waals surface area contributed by atoms with E-state index in [1.54, 1.807) is 13.8 Å². The minimum Gasteiger partial charge on any atom is -0.388 e. The largest absolute Gasteiger partial charge is 0.388 e. The lowest BCUT2D eigenvalue weighted by molar-refractivity contribution is 0.202. The van der Waals surface area contributed by atoms with Gasteiger partial charge in [-0.1, -0.05) is 0 Å². The lowest BCUT2D eigenvalue weighted by atomic mass is 10.3. The first-order valence-corrected chi connectivity index (χ1v) is 6.19. The number of hydrogen-bond donors (Lipinski definition) is 2. The van der Waals surface area contributed by atoms with Crippen LogP contribution in [0.25, 0.3) is 0 Å². The van der Waals surface area contributed by atoms with Gasteiger partial charge in [0.2, 0.25) is 0 Å². The first-order valence-electron chi connectivity index (χ1n) is 3.78. The summed E-state index contributed by atoms with van der Waals surface area (Å²) in [5.74, 6) is 0. The van der Waals surface area contributed by atoms with Crippen molar-refractivity contribution in [3.05, 3.63) is 18.7 Å². The van der Waals surface area contributed by atoms with E-state index in [2.05, 4.69) is 31.9 Å². The van der Waals surface area contributed by atoms with Gasteiger partial charge in [0.1, 0.15) is 0 Å². The van der Waals surface area contributed by atoms with E-state index in [0.717, 1.165) is 18.7 Å². The first-order chi connectivity index (χ1) is 5.95. The van der Waals surface area contributed by atoms with Crippen molar-refractivity contribution < 1.29 is 10.2 Å². The normalized spacial score (nSPS) is 15.8. The molecule has 0 radical (unpaired) electrons. The SMILES string of the molecule is CC(O)c1sc(C(C)O)c(Br)c1Br. The topological polar surface area (TPSA) is 40.5 Å². The third kappa shape index (κ3) is 2.33. The number of rotatable bonds is 2. The van der Waals surface area contributed by atoms with Crippen molar-refractivity contribution in [2.75, 3.05) is 0 Å². The van der Waals surface area contributed by atoms with Crippen LogP contribution in [0.15, 0.2) is 8.95 Å². The van der Waals surface area contributed by atoms with E-state index in [9.17, 15) is 10.2 Å². The summed E-state index contributed by atoms with van der Waals surface area (Å²) in [7, 11) is 0. The quantitative estimate of drug-likeness (QED) is 0.873. The monoisotopic (exact) mass is 328 g/mol. The van der Waals surface area contributed by atoms with Crippen molar-refractivity contribution in [3.8, 4) is 0 Å². The van der Waals surface area contributed by atoms with E-state index >= 15 is 0 Å². The fraction of sp³-hybridized carbons (Fsp3) is 0.500. The zero-order valence-electron chi connectivity index (χ0n) is 7.21. The molecule has 2 nitrogen and oxygen atoms in total. The number of thiophene rings is 1. The molecule has 0 aliphatic heterocycles. The standard InChI is InChI=1S/C8H10Br2O2S/c1-3(11)7-5(9)6(10)8(13-7)4(2)12/h3-4,11-12H,1-2H3. The Morgan fingerprint density at radius 1 is 1.00 bits per heavy atom. The van der Waals surface area contributed by atoms with Crippen LogP contribution in [-0.4, -0.2) is 10.2 Å². The maximum Gasteiger partial charge on any atom is 0.0865 e. The summed E-state index contributed by atoms with van der Waals surface area (Å²) in [5, 5.41) is 18.8. The molecule has 1 aromatic rings. The highest BCUT2D eigenvalue weighted by Gasteiger charge is 2.19. The number of hydrogen-bond acceptors (Lipinski definition) is 3. The van der Waals surface area contributed by atoms with Crippen molar-refractivity contribution in [2.24, 2.45) is 0 Å². The van der Waals surface area contributed by atoms with Crippen LogP contribution >= 0.6 is 43.2 Å². The predicted octanol–water partition coefficient (Wildman–Crippen LogP) is 3.38. The molecule has 0 aliphatic rings. The van der Waals surface area contributed by atoms with Gasteiger partial charge in [-0.2, -0.15) is 0 Å². The van der Waals surface area contributed by atoms with Crippen LogP contribution < -0.4 is 0 Å². The third-order valence-electron chi connectivity index (χ3n) is 1.60. The van der Waals surface area contributed by atoms with Gasteiger partial charge < -0.3 is 10.2 Å². The van der Waals surface area contributed by atoms with E-state index < -0.39 is 12.2 Å². The Bertz CT molecular complexity index is 279. The number of aliphatic hydroxyl groups is 2. The lowest BCUT2D eigenvalue weighted by Crippen LogP contribution is -1.86. The van der Waals surface area contributed by atoms with Gasteiger partial charge >= 0.3 is 0 Å². The third-order valence-corrected chi connectivity index (χ3v) is 5.84. The zero-order chi connectivity index (χ0) is 10.2. The molecule has 0 fully saturated rings. The summed E-state index contributed by atoms with van der Waals surface area (Å²) in [4.78, 5) is 1.67. The molecule has 0 saturated carbocycles. The predicted molar refractivity (Wildman–Crippen MR) is 61.0 cm³/mol.